The van der Waals surface area contributed by atoms with Crippen LogP contribution >= 0.6 is 0 Å². The maximum atomic E-state index is 5.92. The van der Waals surface area contributed by atoms with E-state index in [1.807, 2.05) is 35.3 Å². The normalized spacial score (nSPS) is 12.9. The molecule has 0 aliphatic carbocycles. The van der Waals surface area contributed by atoms with Crippen molar-refractivity contribution in [1.29, 1.82) is 0 Å². The van der Waals surface area contributed by atoms with Crippen LogP contribution < -0.4 is 11.3 Å². The molecule has 0 amide bonds. The van der Waals surface area contributed by atoms with Gasteiger partial charge in [-0.25, -0.2) is 5.43 Å². The van der Waals surface area contributed by atoms with Gasteiger partial charge < -0.3 is 4.42 Å². The lowest BCUT2D eigenvalue weighted by molar-refractivity contribution is 0.476. The third kappa shape index (κ3) is 2.70. The molecule has 5 heteroatoms. The summed E-state index contributed by atoms with van der Waals surface area (Å²) in [6, 6.07) is 7.98. The van der Waals surface area contributed by atoms with Crippen LogP contribution in [0.25, 0.3) is 11.0 Å². The van der Waals surface area contributed by atoms with Crippen LogP contribution in [-0.2, 0) is 6.54 Å². The Morgan fingerprint density at radius 3 is 3.00 bits per heavy atom. The molecule has 0 aliphatic heterocycles. The van der Waals surface area contributed by atoms with Crippen LogP contribution in [0.4, 0.5) is 0 Å². The van der Waals surface area contributed by atoms with Crippen LogP contribution in [0.2, 0.25) is 0 Å². The monoisotopic (exact) mass is 284 g/mol. The van der Waals surface area contributed by atoms with Crippen molar-refractivity contribution in [2.24, 2.45) is 5.84 Å². The molecule has 0 fully saturated rings. The summed E-state index contributed by atoms with van der Waals surface area (Å²) in [6.07, 6.45) is 4.89. The van der Waals surface area contributed by atoms with E-state index >= 15 is 0 Å². The number of hydrogen-bond acceptors (Lipinski definition) is 4. The molecule has 0 saturated heterocycles. The van der Waals surface area contributed by atoms with Gasteiger partial charge in [-0.15, -0.1) is 0 Å². The molecular weight excluding hydrogens is 264 g/mol. The zero-order valence-corrected chi connectivity index (χ0v) is 12.3. The summed E-state index contributed by atoms with van der Waals surface area (Å²) in [4.78, 5) is 0. The summed E-state index contributed by atoms with van der Waals surface area (Å²) in [7, 11) is 0. The number of furan rings is 1. The molecule has 0 bridgehead atoms. The summed E-state index contributed by atoms with van der Waals surface area (Å²) in [5.74, 6) is 6.52. The van der Waals surface area contributed by atoms with Crippen molar-refractivity contribution in [3.05, 3.63) is 53.5 Å². The van der Waals surface area contributed by atoms with Gasteiger partial charge in [0.2, 0.25) is 0 Å². The molecular formula is C16H20N4O. The number of nitrogens with one attached hydrogen (secondary N) is 1. The largest absolute Gasteiger partial charge is 0.459 e. The average Bonchev–Trinajstić information content (AvgIpc) is 3.07. The predicted octanol–water partition coefficient (Wildman–Crippen LogP) is 2.90. The minimum absolute atomic E-state index is 0.191. The highest BCUT2D eigenvalue weighted by atomic mass is 16.3. The standard InChI is InChI=1S/C16H20N4O/c1-3-6-20-10-13(9-18-20)16(19-17)15-8-12-7-11(2)4-5-14(12)21-15/h4-5,7-10,16,19H,3,6,17H2,1-2H3. The highest BCUT2D eigenvalue weighted by Crippen LogP contribution is 2.28. The molecule has 0 aliphatic rings. The molecule has 1 unspecified atom stereocenters. The van der Waals surface area contributed by atoms with E-state index in [1.165, 1.54) is 5.56 Å². The molecule has 3 rings (SSSR count). The molecule has 110 valence electrons. The lowest BCUT2D eigenvalue weighted by Gasteiger charge is -2.10. The summed E-state index contributed by atoms with van der Waals surface area (Å²) >= 11 is 0. The average molecular weight is 284 g/mol. The number of hydrazine groups is 1. The number of fused-ring (bicyclic) bond motifs is 1. The Morgan fingerprint density at radius 1 is 1.38 bits per heavy atom. The maximum absolute atomic E-state index is 5.92. The van der Waals surface area contributed by atoms with Crippen molar-refractivity contribution in [2.75, 3.05) is 0 Å². The smallest absolute Gasteiger partial charge is 0.134 e. The second kappa shape index (κ2) is 5.71. The van der Waals surface area contributed by atoms with E-state index in [-0.39, 0.29) is 6.04 Å². The van der Waals surface area contributed by atoms with E-state index in [0.29, 0.717) is 0 Å². The van der Waals surface area contributed by atoms with Gasteiger partial charge >= 0.3 is 0 Å². The van der Waals surface area contributed by atoms with Gasteiger partial charge in [0.05, 0.1) is 6.20 Å². The highest BCUT2D eigenvalue weighted by Gasteiger charge is 2.19. The van der Waals surface area contributed by atoms with Crippen molar-refractivity contribution in [1.82, 2.24) is 15.2 Å². The van der Waals surface area contributed by atoms with E-state index in [9.17, 15) is 0 Å². The van der Waals surface area contributed by atoms with Crippen molar-refractivity contribution < 1.29 is 4.42 Å². The Hall–Kier alpha value is -2.11. The Bertz CT molecular complexity index is 744. The molecule has 0 saturated carbocycles. The minimum Gasteiger partial charge on any atom is -0.459 e. The summed E-state index contributed by atoms with van der Waals surface area (Å²) in [5, 5.41) is 5.44. The van der Waals surface area contributed by atoms with E-state index < -0.39 is 0 Å². The minimum atomic E-state index is -0.191. The summed E-state index contributed by atoms with van der Waals surface area (Å²) in [5.41, 5.74) is 5.90. The molecule has 0 radical (unpaired) electrons. The van der Waals surface area contributed by atoms with Crippen molar-refractivity contribution >= 4 is 11.0 Å². The number of benzene rings is 1. The lowest BCUT2D eigenvalue weighted by atomic mass is 10.1. The molecule has 3 aromatic rings. The SMILES string of the molecule is CCCn1cc(C(NN)c2cc3cc(C)ccc3o2)cn1. The first kappa shape index (κ1) is 13.9. The third-order valence-corrected chi connectivity index (χ3v) is 3.58. The molecule has 1 aromatic carbocycles. The third-order valence-electron chi connectivity index (χ3n) is 3.58. The predicted molar refractivity (Wildman–Crippen MR) is 82.6 cm³/mol. The number of hydrogen-bond donors (Lipinski definition) is 2. The van der Waals surface area contributed by atoms with Gasteiger partial charge in [0.25, 0.3) is 0 Å². The second-order valence-electron chi connectivity index (χ2n) is 5.33. The van der Waals surface area contributed by atoms with Gasteiger partial charge in [-0.1, -0.05) is 18.6 Å². The van der Waals surface area contributed by atoms with E-state index in [2.05, 4.69) is 30.4 Å². The van der Waals surface area contributed by atoms with E-state index in [4.69, 9.17) is 10.3 Å². The van der Waals surface area contributed by atoms with Crippen LogP contribution in [-0.4, -0.2) is 9.78 Å². The first-order valence-corrected chi connectivity index (χ1v) is 7.20. The van der Waals surface area contributed by atoms with Crippen LogP contribution in [0, 0.1) is 6.92 Å². The quantitative estimate of drug-likeness (QED) is 0.558. The number of aryl methyl sites for hydroxylation is 2. The maximum Gasteiger partial charge on any atom is 0.134 e. The number of nitrogens with two attached hydrogens (primary N) is 1. The van der Waals surface area contributed by atoms with Gasteiger partial charge in [0.1, 0.15) is 17.4 Å². The molecule has 5 nitrogen and oxygen atoms in total. The second-order valence-corrected chi connectivity index (χ2v) is 5.33. The van der Waals surface area contributed by atoms with Crippen molar-refractivity contribution in [2.45, 2.75) is 32.9 Å². The fourth-order valence-corrected chi connectivity index (χ4v) is 2.55. The Labute approximate surface area is 123 Å². The Morgan fingerprint density at radius 2 is 2.24 bits per heavy atom. The summed E-state index contributed by atoms with van der Waals surface area (Å²) < 4.78 is 7.84. The lowest BCUT2D eigenvalue weighted by Crippen LogP contribution is -2.28. The fourth-order valence-electron chi connectivity index (χ4n) is 2.55. The van der Waals surface area contributed by atoms with Crippen LogP contribution in [0.3, 0.4) is 0 Å². The molecule has 1 atom stereocenters. The van der Waals surface area contributed by atoms with Crippen molar-refractivity contribution in [3.63, 3.8) is 0 Å². The van der Waals surface area contributed by atoms with Gasteiger partial charge in [-0.05, 0) is 31.5 Å². The highest BCUT2D eigenvalue weighted by molar-refractivity contribution is 5.78. The number of nitrogens with zero attached hydrogens (tertiary/aromatic N) is 2. The number of aromatic nitrogens is 2. The van der Waals surface area contributed by atoms with Crippen molar-refractivity contribution in [3.8, 4) is 0 Å². The Kier molecular flexibility index (Phi) is 3.77. The van der Waals surface area contributed by atoms with Gasteiger partial charge in [-0.2, -0.15) is 5.10 Å². The van der Waals surface area contributed by atoms with Crippen LogP contribution in [0.5, 0.6) is 0 Å². The zero-order valence-electron chi connectivity index (χ0n) is 12.3. The Balaban J connectivity index is 1.96. The topological polar surface area (TPSA) is 69.0 Å². The van der Waals surface area contributed by atoms with Crippen LogP contribution in [0.1, 0.15) is 36.3 Å². The fraction of sp³-hybridized carbons (Fsp3) is 0.312. The first-order chi connectivity index (χ1) is 10.2. The number of rotatable bonds is 5. The van der Waals surface area contributed by atoms with Gasteiger partial charge in [0, 0.05) is 23.7 Å². The van der Waals surface area contributed by atoms with E-state index in [0.717, 1.165) is 35.3 Å². The molecule has 21 heavy (non-hydrogen) atoms. The summed E-state index contributed by atoms with van der Waals surface area (Å²) in [6.45, 7) is 5.10. The molecule has 0 spiro atoms. The van der Waals surface area contributed by atoms with Gasteiger partial charge in [0.15, 0.2) is 0 Å². The zero-order chi connectivity index (χ0) is 14.8. The van der Waals surface area contributed by atoms with Gasteiger partial charge in [-0.3, -0.25) is 10.5 Å². The van der Waals surface area contributed by atoms with E-state index in [1.54, 1.807) is 0 Å². The molecule has 2 heterocycles. The van der Waals surface area contributed by atoms with Crippen LogP contribution in [0.15, 0.2) is 41.1 Å². The molecule has 2 aromatic heterocycles. The molecule has 3 N–H and O–H groups in total. The first-order valence-electron chi connectivity index (χ1n) is 7.20.